The van der Waals surface area contributed by atoms with E-state index in [4.69, 9.17) is 4.89 Å². The Morgan fingerprint density at radius 3 is 2.12 bits per heavy atom. The van der Waals surface area contributed by atoms with Gasteiger partial charge in [0.2, 0.25) is 5.79 Å². The third-order valence-electron chi connectivity index (χ3n) is 1.22. The summed E-state index contributed by atoms with van der Waals surface area (Å²) in [6, 6.07) is 0. The van der Waals surface area contributed by atoms with Gasteiger partial charge in [0.25, 0.3) is 0 Å². The maximum absolute atomic E-state index is 11.3. The predicted molar refractivity (Wildman–Crippen MR) is 57.6 cm³/mol. The van der Waals surface area contributed by atoms with Crippen molar-refractivity contribution in [3.8, 4) is 0 Å². The number of ether oxygens (including phenoxy) is 1. The standard InChI is InChI=1S/C9H13O7P/c1-5-7(10)14-9(3,4)16-17(12,13)15-8(11)6-2/h5-6H,1-2H2,3-4H3,(H,12,13). The zero-order valence-corrected chi connectivity index (χ0v) is 10.3. The van der Waals surface area contributed by atoms with Crippen LogP contribution in [0.2, 0.25) is 0 Å². The minimum atomic E-state index is -4.69. The Morgan fingerprint density at radius 1 is 1.24 bits per heavy atom. The van der Waals surface area contributed by atoms with Gasteiger partial charge in [0.15, 0.2) is 0 Å². The lowest BCUT2D eigenvalue weighted by molar-refractivity contribution is -0.184. The molecule has 0 aromatic carbocycles. The van der Waals surface area contributed by atoms with Gasteiger partial charge in [-0.15, -0.1) is 0 Å². The number of rotatable bonds is 6. The lowest BCUT2D eigenvalue weighted by Gasteiger charge is -2.25. The largest absolute Gasteiger partial charge is 0.533 e. The average Bonchev–Trinajstić information content (AvgIpc) is 2.13. The summed E-state index contributed by atoms with van der Waals surface area (Å²) in [6.45, 7) is 8.57. The topological polar surface area (TPSA) is 99.1 Å². The van der Waals surface area contributed by atoms with E-state index >= 15 is 0 Å². The molecular formula is C9H13O7P. The van der Waals surface area contributed by atoms with Crippen LogP contribution < -0.4 is 0 Å². The molecule has 1 N–H and O–H groups in total. The summed E-state index contributed by atoms with van der Waals surface area (Å²) in [6.07, 6.45) is 1.54. The minimum Gasteiger partial charge on any atom is -0.430 e. The summed E-state index contributed by atoms with van der Waals surface area (Å²) < 4.78 is 24.5. The van der Waals surface area contributed by atoms with Gasteiger partial charge in [-0.2, -0.15) is 0 Å². The van der Waals surface area contributed by atoms with Crippen LogP contribution in [0.15, 0.2) is 25.3 Å². The van der Waals surface area contributed by atoms with Gasteiger partial charge in [0.05, 0.1) is 0 Å². The first-order valence-electron chi connectivity index (χ1n) is 4.37. The van der Waals surface area contributed by atoms with Crippen molar-refractivity contribution < 1.29 is 32.8 Å². The van der Waals surface area contributed by atoms with Crippen LogP contribution in [0.5, 0.6) is 0 Å². The van der Waals surface area contributed by atoms with Crippen molar-refractivity contribution in [1.29, 1.82) is 0 Å². The number of carbonyl (C=O) groups excluding carboxylic acids is 2. The number of carbonyl (C=O) groups is 2. The number of phosphoric acid groups is 1. The summed E-state index contributed by atoms with van der Waals surface area (Å²) >= 11 is 0. The van der Waals surface area contributed by atoms with Crippen LogP contribution in [0.1, 0.15) is 13.8 Å². The Kier molecular flexibility index (Phi) is 5.28. The van der Waals surface area contributed by atoms with Crippen molar-refractivity contribution in [1.82, 2.24) is 0 Å². The van der Waals surface area contributed by atoms with Gasteiger partial charge in [0, 0.05) is 26.0 Å². The van der Waals surface area contributed by atoms with Crippen LogP contribution in [-0.4, -0.2) is 22.6 Å². The molecule has 0 amide bonds. The molecule has 7 nitrogen and oxygen atoms in total. The first-order valence-corrected chi connectivity index (χ1v) is 5.86. The Hall–Kier alpha value is -1.43. The van der Waals surface area contributed by atoms with E-state index in [0.29, 0.717) is 6.08 Å². The zero-order chi connectivity index (χ0) is 13.7. The average molecular weight is 264 g/mol. The van der Waals surface area contributed by atoms with E-state index in [1.165, 1.54) is 13.8 Å². The van der Waals surface area contributed by atoms with Gasteiger partial charge >= 0.3 is 19.8 Å². The molecule has 0 rings (SSSR count). The van der Waals surface area contributed by atoms with Crippen LogP contribution in [0, 0.1) is 0 Å². The van der Waals surface area contributed by atoms with Gasteiger partial charge in [-0.1, -0.05) is 13.2 Å². The molecule has 0 fully saturated rings. The van der Waals surface area contributed by atoms with Crippen LogP contribution in [0.4, 0.5) is 0 Å². The Morgan fingerprint density at radius 2 is 1.71 bits per heavy atom. The van der Waals surface area contributed by atoms with Crippen molar-refractivity contribution in [2.75, 3.05) is 0 Å². The lowest BCUT2D eigenvalue weighted by atomic mass is 10.4. The number of phosphoric ester groups is 1. The van der Waals surface area contributed by atoms with Crippen LogP contribution >= 0.6 is 7.82 Å². The highest BCUT2D eigenvalue weighted by atomic mass is 31.2. The molecule has 0 aliphatic heterocycles. The van der Waals surface area contributed by atoms with E-state index in [1.54, 1.807) is 0 Å². The molecule has 96 valence electrons. The molecule has 0 bridgehead atoms. The molecule has 0 heterocycles. The second-order valence-corrected chi connectivity index (χ2v) is 4.50. The van der Waals surface area contributed by atoms with E-state index in [2.05, 4.69) is 26.9 Å². The third kappa shape index (κ3) is 6.68. The highest BCUT2D eigenvalue weighted by Gasteiger charge is 2.36. The van der Waals surface area contributed by atoms with Gasteiger partial charge in [-0.3, -0.25) is 4.89 Å². The van der Waals surface area contributed by atoms with Crippen LogP contribution in [0.3, 0.4) is 0 Å². The normalized spacial score (nSPS) is 14.3. The molecule has 1 unspecified atom stereocenters. The van der Waals surface area contributed by atoms with E-state index in [0.717, 1.165) is 6.08 Å². The highest BCUT2D eigenvalue weighted by molar-refractivity contribution is 7.48. The maximum Gasteiger partial charge on any atom is 0.533 e. The quantitative estimate of drug-likeness (QED) is 0.334. The zero-order valence-electron chi connectivity index (χ0n) is 9.41. The van der Waals surface area contributed by atoms with Crippen molar-refractivity contribution in [3.05, 3.63) is 25.3 Å². The predicted octanol–water partition coefficient (Wildman–Crippen LogP) is 1.30. The van der Waals surface area contributed by atoms with Crippen LogP contribution in [-0.2, 0) is 27.9 Å². The third-order valence-corrected chi connectivity index (χ3v) is 2.30. The molecule has 0 aliphatic rings. The molecule has 1 atom stereocenters. The van der Waals surface area contributed by atoms with E-state index in [9.17, 15) is 14.2 Å². The van der Waals surface area contributed by atoms with Crippen molar-refractivity contribution >= 4 is 19.8 Å². The summed E-state index contributed by atoms with van der Waals surface area (Å²) in [5.41, 5.74) is 0. The van der Waals surface area contributed by atoms with E-state index < -0.39 is 25.5 Å². The van der Waals surface area contributed by atoms with Crippen molar-refractivity contribution in [2.45, 2.75) is 19.6 Å². The van der Waals surface area contributed by atoms with Gasteiger partial charge < -0.3 is 9.26 Å². The summed E-state index contributed by atoms with van der Waals surface area (Å²) in [5.74, 6) is -3.75. The second kappa shape index (κ2) is 5.77. The van der Waals surface area contributed by atoms with Gasteiger partial charge in [0.1, 0.15) is 0 Å². The monoisotopic (exact) mass is 264 g/mol. The summed E-state index contributed by atoms with van der Waals surface area (Å²) in [4.78, 5) is 30.8. The molecule has 0 spiro atoms. The van der Waals surface area contributed by atoms with E-state index in [-0.39, 0.29) is 0 Å². The molecule has 0 saturated heterocycles. The smallest absolute Gasteiger partial charge is 0.430 e. The van der Waals surface area contributed by atoms with Gasteiger partial charge in [-0.05, 0) is 0 Å². The number of hydrogen-bond donors (Lipinski definition) is 1. The molecule has 17 heavy (non-hydrogen) atoms. The van der Waals surface area contributed by atoms with Crippen molar-refractivity contribution in [3.63, 3.8) is 0 Å². The second-order valence-electron chi connectivity index (χ2n) is 3.20. The van der Waals surface area contributed by atoms with Crippen molar-refractivity contribution in [2.24, 2.45) is 0 Å². The Balaban J connectivity index is 4.63. The fourth-order valence-electron chi connectivity index (χ4n) is 0.750. The minimum absolute atomic E-state index is 0.689. The molecular weight excluding hydrogens is 251 g/mol. The fraction of sp³-hybridized carbons (Fsp3) is 0.333. The highest BCUT2D eigenvalue weighted by Crippen LogP contribution is 2.47. The fourth-order valence-corrected chi connectivity index (χ4v) is 1.68. The molecule has 0 aromatic rings. The Labute approximate surface area is 98.3 Å². The summed E-state index contributed by atoms with van der Waals surface area (Å²) in [5, 5.41) is 0. The molecule has 0 saturated carbocycles. The van der Waals surface area contributed by atoms with Gasteiger partial charge in [-0.25, -0.2) is 18.7 Å². The molecule has 0 radical (unpaired) electrons. The number of hydrogen-bond acceptors (Lipinski definition) is 6. The van der Waals surface area contributed by atoms with E-state index in [1.807, 2.05) is 0 Å². The SMILES string of the molecule is C=CC(=O)OC(C)(C)OP(=O)(O)OC(=O)C=C. The molecule has 0 aromatic heterocycles. The molecule has 0 aliphatic carbocycles. The first kappa shape index (κ1) is 15.6. The first-order chi connectivity index (χ1) is 7.62. The van der Waals surface area contributed by atoms with Crippen LogP contribution in [0.25, 0.3) is 0 Å². The Bertz CT molecular complexity index is 385. The number of esters is 1. The maximum atomic E-state index is 11.3. The molecule has 8 heteroatoms. The summed E-state index contributed by atoms with van der Waals surface area (Å²) in [7, 11) is -4.69. The lowest BCUT2D eigenvalue weighted by Crippen LogP contribution is -2.30.